The number of hydrogen-bond acceptors (Lipinski definition) is 3. The highest BCUT2D eigenvalue weighted by Gasteiger charge is 2.45. The van der Waals surface area contributed by atoms with Crippen molar-refractivity contribution in [3.63, 3.8) is 0 Å². The molecule has 2 fully saturated rings. The fourth-order valence-corrected chi connectivity index (χ4v) is 3.09. The Labute approximate surface area is 116 Å². The minimum Gasteiger partial charge on any atom is -0.390 e. The predicted molar refractivity (Wildman–Crippen MR) is 68.1 cm³/mol. The minimum absolute atomic E-state index is 0.320. The third-order valence-electron chi connectivity index (χ3n) is 4.27. The summed E-state index contributed by atoms with van der Waals surface area (Å²) in [6, 6.07) is 3.77. The van der Waals surface area contributed by atoms with Gasteiger partial charge in [0.2, 0.25) is 0 Å². The van der Waals surface area contributed by atoms with E-state index in [9.17, 15) is 13.9 Å². The SMILES string of the molecule is OC1(Cc2ccc(F)c(F)c2)CCC2(CC1)OCCO2. The van der Waals surface area contributed by atoms with Crippen molar-refractivity contribution in [2.45, 2.75) is 43.5 Å². The molecule has 1 heterocycles. The molecule has 0 aromatic heterocycles. The van der Waals surface area contributed by atoms with Gasteiger partial charge in [0, 0.05) is 19.3 Å². The molecular formula is C15H18F2O3. The van der Waals surface area contributed by atoms with Gasteiger partial charge >= 0.3 is 0 Å². The molecule has 0 radical (unpaired) electrons. The summed E-state index contributed by atoms with van der Waals surface area (Å²) in [5.74, 6) is -2.27. The van der Waals surface area contributed by atoms with Crippen molar-refractivity contribution in [2.24, 2.45) is 0 Å². The Bertz CT molecular complexity index is 488. The second-order valence-corrected chi connectivity index (χ2v) is 5.76. The second kappa shape index (κ2) is 5.06. The van der Waals surface area contributed by atoms with E-state index in [0.29, 0.717) is 50.9 Å². The van der Waals surface area contributed by atoms with Gasteiger partial charge in [-0.1, -0.05) is 6.07 Å². The molecule has 110 valence electrons. The first-order valence-corrected chi connectivity index (χ1v) is 6.95. The van der Waals surface area contributed by atoms with Crippen LogP contribution in [0.2, 0.25) is 0 Å². The highest BCUT2D eigenvalue weighted by atomic mass is 19.2. The Morgan fingerprint density at radius 2 is 1.65 bits per heavy atom. The number of halogens is 2. The molecular weight excluding hydrogens is 266 g/mol. The lowest BCUT2D eigenvalue weighted by molar-refractivity contribution is -0.202. The van der Waals surface area contributed by atoms with Gasteiger partial charge in [-0.15, -0.1) is 0 Å². The summed E-state index contributed by atoms with van der Waals surface area (Å²) in [4.78, 5) is 0. The van der Waals surface area contributed by atoms with Crippen LogP contribution in [0.25, 0.3) is 0 Å². The van der Waals surface area contributed by atoms with E-state index in [-0.39, 0.29) is 0 Å². The van der Waals surface area contributed by atoms with Gasteiger partial charge in [-0.05, 0) is 30.5 Å². The van der Waals surface area contributed by atoms with Gasteiger partial charge in [-0.25, -0.2) is 8.78 Å². The zero-order valence-corrected chi connectivity index (χ0v) is 11.2. The van der Waals surface area contributed by atoms with E-state index in [4.69, 9.17) is 9.47 Å². The molecule has 3 rings (SSSR count). The summed E-state index contributed by atoms with van der Waals surface area (Å²) in [5, 5.41) is 10.6. The van der Waals surface area contributed by atoms with Crippen molar-refractivity contribution in [1.29, 1.82) is 0 Å². The first-order chi connectivity index (χ1) is 9.50. The van der Waals surface area contributed by atoms with Crippen molar-refractivity contribution < 1.29 is 23.4 Å². The van der Waals surface area contributed by atoms with Crippen molar-refractivity contribution in [1.82, 2.24) is 0 Å². The number of ether oxygens (including phenoxy) is 2. The molecule has 0 atom stereocenters. The quantitative estimate of drug-likeness (QED) is 0.907. The Hall–Kier alpha value is -1.04. The van der Waals surface area contributed by atoms with Gasteiger partial charge in [0.15, 0.2) is 17.4 Å². The van der Waals surface area contributed by atoms with Crippen LogP contribution in [-0.4, -0.2) is 29.7 Å². The van der Waals surface area contributed by atoms with Crippen LogP contribution in [0.1, 0.15) is 31.2 Å². The van der Waals surface area contributed by atoms with E-state index in [0.717, 1.165) is 12.1 Å². The van der Waals surface area contributed by atoms with E-state index >= 15 is 0 Å². The van der Waals surface area contributed by atoms with Crippen LogP contribution >= 0.6 is 0 Å². The monoisotopic (exact) mass is 284 g/mol. The van der Waals surface area contributed by atoms with Crippen LogP contribution in [-0.2, 0) is 15.9 Å². The summed E-state index contributed by atoms with van der Waals surface area (Å²) in [5.41, 5.74) is -0.291. The van der Waals surface area contributed by atoms with Gasteiger partial charge in [-0.3, -0.25) is 0 Å². The smallest absolute Gasteiger partial charge is 0.168 e. The number of aliphatic hydroxyl groups is 1. The molecule has 1 spiro atoms. The summed E-state index contributed by atoms with van der Waals surface area (Å²) >= 11 is 0. The third kappa shape index (κ3) is 2.71. The molecule has 20 heavy (non-hydrogen) atoms. The molecule has 1 aliphatic heterocycles. The Kier molecular flexibility index (Phi) is 3.52. The maximum atomic E-state index is 13.2. The van der Waals surface area contributed by atoms with Crippen LogP contribution in [0.4, 0.5) is 8.78 Å². The second-order valence-electron chi connectivity index (χ2n) is 5.76. The molecule has 5 heteroatoms. The number of hydrogen-bond donors (Lipinski definition) is 1. The topological polar surface area (TPSA) is 38.7 Å². The van der Waals surface area contributed by atoms with Crippen LogP contribution in [0, 0.1) is 11.6 Å². The zero-order valence-electron chi connectivity index (χ0n) is 11.2. The molecule has 2 aliphatic rings. The Balaban J connectivity index is 1.66. The number of rotatable bonds is 2. The summed E-state index contributed by atoms with van der Waals surface area (Å²) in [6.45, 7) is 1.20. The largest absolute Gasteiger partial charge is 0.390 e. The lowest BCUT2D eigenvalue weighted by Crippen LogP contribution is -2.44. The molecule has 1 saturated carbocycles. The van der Waals surface area contributed by atoms with E-state index < -0.39 is 23.0 Å². The Morgan fingerprint density at radius 1 is 1.00 bits per heavy atom. The van der Waals surface area contributed by atoms with Crippen LogP contribution in [0.3, 0.4) is 0 Å². The van der Waals surface area contributed by atoms with Gasteiger partial charge in [0.25, 0.3) is 0 Å². The summed E-state index contributed by atoms with van der Waals surface area (Å²) in [7, 11) is 0. The van der Waals surface area contributed by atoms with E-state index in [1.807, 2.05) is 0 Å². The molecule has 0 bridgehead atoms. The van der Waals surface area contributed by atoms with Crippen LogP contribution < -0.4 is 0 Å². The van der Waals surface area contributed by atoms with Gasteiger partial charge in [0.1, 0.15) is 0 Å². The van der Waals surface area contributed by atoms with Gasteiger partial charge in [0.05, 0.1) is 18.8 Å². The fourth-order valence-electron chi connectivity index (χ4n) is 3.09. The Morgan fingerprint density at radius 3 is 2.25 bits per heavy atom. The third-order valence-corrected chi connectivity index (χ3v) is 4.27. The minimum atomic E-state index is -0.898. The predicted octanol–water partition coefficient (Wildman–Crippen LogP) is 2.56. The molecule has 3 nitrogen and oxygen atoms in total. The van der Waals surface area contributed by atoms with Crippen molar-refractivity contribution in [2.75, 3.05) is 13.2 Å². The van der Waals surface area contributed by atoms with Crippen molar-refractivity contribution >= 4 is 0 Å². The molecule has 1 N–H and O–H groups in total. The molecule has 1 aliphatic carbocycles. The lowest BCUT2D eigenvalue weighted by atomic mass is 9.78. The normalized spacial score (nSPS) is 24.1. The molecule has 1 aromatic rings. The molecule has 1 saturated heterocycles. The highest BCUT2D eigenvalue weighted by Crippen LogP contribution is 2.41. The maximum absolute atomic E-state index is 13.2. The van der Waals surface area contributed by atoms with E-state index in [1.165, 1.54) is 6.07 Å². The summed E-state index contributed by atoms with van der Waals surface area (Å²) in [6.07, 6.45) is 2.65. The van der Waals surface area contributed by atoms with Crippen molar-refractivity contribution in [3.05, 3.63) is 35.4 Å². The van der Waals surface area contributed by atoms with Gasteiger partial charge in [-0.2, -0.15) is 0 Å². The highest BCUT2D eigenvalue weighted by molar-refractivity contribution is 5.20. The average Bonchev–Trinajstić information content (AvgIpc) is 2.87. The molecule has 0 unspecified atom stereocenters. The molecule has 1 aromatic carbocycles. The van der Waals surface area contributed by atoms with E-state index in [1.54, 1.807) is 0 Å². The van der Waals surface area contributed by atoms with E-state index in [2.05, 4.69) is 0 Å². The lowest BCUT2D eigenvalue weighted by Gasteiger charge is -2.40. The van der Waals surface area contributed by atoms with Crippen molar-refractivity contribution in [3.8, 4) is 0 Å². The zero-order chi connectivity index (χ0) is 14.2. The number of benzene rings is 1. The molecule has 0 amide bonds. The standard InChI is InChI=1S/C15H18F2O3/c16-12-2-1-11(9-13(12)17)10-14(18)3-5-15(6-4-14)19-7-8-20-15/h1-2,9,18H,3-8,10H2. The summed E-state index contributed by atoms with van der Waals surface area (Å²) < 4.78 is 37.3. The average molecular weight is 284 g/mol. The first kappa shape index (κ1) is 13.9. The van der Waals surface area contributed by atoms with Crippen LogP contribution in [0.15, 0.2) is 18.2 Å². The maximum Gasteiger partial charge on any atom is 0.168 e. The van der Waals surface area contributed by atoms with Gasteiger partial charge < -0.3 is 14.6 Å². The van der Waals surface area contributed by atoms with Crippen LogP contribution in [0.5, 0.6) is 0 Å². The first-order valence-electron chi connectivity index (χ1n) is 6.95. The fraction of sp³-hybridized carbons (Fsp3) is 0.600.